The summed E-state index contributed by atoms with van der Waals surface area (Å²) >= 11 is 5.29. The summed E-state index contributed by atoms with van der Waals surface area (Å²) in [5.74, 6) is 1.17. The lowest BCUT2D eigenvalue weighted by molar-refractivity contribution is -0.0173. The molecule has 2 rings (SSSR count). The molecule has 120 valence electrons. The highest BCUT2D eigenvalue weighted by molar-refractivity contribution is 6.14. The Morgan fingerprint density at radius 2 is 2.05 bits per heavy atom. The van der Waals surface area contributed by atoms with E-state index in [-0.39, 0.29) is 12.1 Å². The van der Waals surface area contributed by atoms with E-state index in [1.807, 2.05) is 0 Å². The highest BCUT2D eigenvalue weighted by atomic mass is 35.5. The first-order valence-corrected chi connectivity index (χ1v) is 8.18. The van der Waals surface area contributed by atoms with Gasteiger partial charge in [0, 0.05) is 0 Å². The summed E-state index contributed by atoms with van der Waals surface area (Å²) in [7, 11) is 0. The Balaban J connectivity index is 2.16. The topological polar surface area (TPSA) is 51.0 Å². The van der Waals surface area contributed by atoms with Gasteiger partial charge in [0.25, 0.3) is 0 Å². The monoisotopic (exact) mass is 322 g/mol. The molecule has 0 radical (unpaired) electrons. The molecular formula is C17H23ClN2O2. The second-order valence-electron chi connectivity index (χ2n) is 6.46. The van der Waals surface area contributed by atoms with Gasteiger partial charge in [0.1, 0.15) is 11.8 Å². The second-order valence-corrected chi connectivity index (χ2v) is 6.61. The summed E-state index contributed by atoms with van der Waals surface area (Å²) in [6.45, 7) is 6.60. The summed E-state index contributed by atoms with van der Waals surface area (Å²) < 4.78 is 9.07. The van der Waals surface area contributed by atoms with Crippen molar-refractivity contribution in [1.29, 1.82) is 0 Å². The van der Waals surface area contributed by atoms with Crippen LogP contribution >= 0.6 is 11.8 Å². The zero-order valence-electron chi connectivity index (χ0n) is 13.3. The van der Waals surface area contributed by atoms with E-state index in [1.54, 1.807) is 24.3 Å². The van der Waals surface area contributed by atoms with E-state index in [1.165, 1.54) is 6.42 Å². The number of benzene rings is 1. The van der Waals surface area contributed by atoms with E-state index < -0.39 is 0 Å². The molecule has 0 spiro atoms. The van der Waals surface area contributed by atoms with Gasteiger partial charge in [0.2, 0.25) is 0 Å². The highest BCUT2D eigenvalue weighted by Gasteiger charge is 2.33. The molecule has 0 saturated heterocycles. The van der Waals surface area contributed by atoms with Crippen molar-refractivity contribution in [2.24, 2.45) is 27.5 Å². The molecule has 0 amide bonds. The summed E-state index contributed by atoms with van der Waals surface area (Å²) in [6, 6.07) is 6.97. The predicted molar refractivity (Wildman–Crippen MR) is 87.4 cm³/mol. The number of carbonyl (C=O) groups excluding carboxylic acids is 1. The van der Waals surface area contributed by atoms with Gasteiger partial charge in [0.05, 0.1) is 17.3 Å². The van der Waals surface area contributed by atoms with E-state index in [0.29, 0.717) is 29.0 Å². The molecule has 4 nitrogen and oxygen atoms in total. The number of hydrogen-bond donors (Lipinski definition) is 0. The molecule has 0 aliphatic heterocycles. The number of hydrogen-bond acceptors (Lipinski definition) is 4. The maximum atomic E-state index is 12.5. The summed E-state index contributed by atoms with van der Waals surface area (Å²) in [5, 5.41) is 3.78. The molecule has 3 unspecified atom stereocenters. The Bertz CT molecular complexity index is 545. The average Bonchev–Trinajstić information content (AvgIpc) is 2.47. The summed E-state index contributed by atoms with van der Waals surface area (Å²) in [4.78, 5) is 12.5. The smallest absolute Gasteiger partial charge is 0.340 e. The van der Waals surface area contributed by atoms with Crippen LogP contribution in [0.3, 0.4) is 0 Å². The molecule has 3 atom stereocenters. The van der Waals surface area contributed by atoms with Crippen LogP contribution in [-0.2, 0) is 4.74 Å². The minimum atomic E-state index is -0.343. The fourth-order valence-electron chi connectivity index (χ4n) is 3.23. The van der Waals surface area contributed by atoms with E-state index >= 15 is 0 Å². The fourth-order valence-corrected chi connectivity index (χ4v) is 3.31. The van der Waals surface area contributed by atoms with Crippen molar-refractivity contribution < 1.29 is 9.53 Å². The molecule has 0 N–H and O–H groups in total. The van der Waals surface area contributed by atoms with Crippen LogP contribution < -0.4 is 0 Å². The fraction of sp³-hybridized carbons (Fsp3) is 0.588. The molecule has 0 bridgehead atoms. The van der Waals surface area contributed by atoms with Crippen molar-refractivity contribution in [3.8, 4) is 0 Å². The molecule has 1 aliphatic rings. The van der Waals surface area contributed by atoms with Gasteiger partial charge in [-0.3, -0.25) is 0 Å². The summed E-state index contributed by atoms with van der Waals surface area (Å²) in [6.07, 6.45) is 3.21. The third-order valence-corrected chi connectivity index (χ3v) is 4.56. The van der Waals surface area contributed by atoms with Crippen molar-refractivity contribution in [2.45, 2.75) is 46.1 Å². The number of esters is 1. The Labute approximate surface area is 137 Å². The first-order valence-electron chi connectivity index (χ1n) is 7.85. The maximum absolute atomic E-state index is 12.5. The Morgan fingerprint density at radius 1 is 1.32 bits per heavy atom. The molecule has 1 aromatic rings. The molecule has 0 heterocycles. The van der Waals surface area contributed by atoms with Gasteiger partial charge in [-0.05, 0) is 42.7 Å². The predicted octanol–water partition coefficient (Wildman–Crippen LogP) is 5.54. The van der Waals surface area contributed by atoms with E-state index in [4.69, 9.17) is 16.5 Å². The lowest BCUT2D eigenvalue weighted by atomic mass is 9.75. The van der Waals surface area contributed by atoms with Crippen molar-refractivity contribution in [3.05, 3.63) is 29.8 Å². The molecule has 1 saturated carbocycles. The molecular weight excluding hydrogens is 300 g/mol. The zero-order valence-corrected chi connectivity index (χ0v) is 14.1. The van der Waals surface area contributed by atoms with Gasteiger partial charge < -0.3 is 4.74 Å². The first kappa shape index (κ1) is 16.9. The van der Waals surface area contributed by atoms with E-state index in [2.05, 4.69) is 30.5 Å². The lowest BCUT2D eigenvalue weighted by Gasteiger charge is -2.36. The van der Waals surface area contributed by atoms with Crippen LogP contribution in [0.15, 0.2) is 34.0 Å². The van der Waals surface area contributed by atoms with Crippen LogP contribution in [-0.4, -0.2) is 12.1 Å². The van der Waals surface area contributed by atoms with Crippen LogP contribution in [0.5, 0.6) is 0 Å². The van der Waals surface area contributed by atoms with Gasteiger partial charge in [-0.25, -0.2) is 4.79 Å². The molecule has 1 aliphatic carbocycles. The standard InChI is InChI=1S/C17H23ClN2O2/c1-11(2)13-9-8-12(3)10-16(13)22-17(21)14-6-4-5-7-15(14)19-20-18/h4-7,11-13,16H,8-10H2,1-3H3. The minimum Gasteiger partial charge on any atom is -0.458 e. The molecule has 1 aromatic carbocycles. The highest BCUT2D eigenvalue weighted by Crippen LogP contribution is 2.36. The number of carbonyl (C=O) groups is 1. The maximum Gasteiger partial charge on any atom is 0.340 e. The van der Waals surface area contributed by atoms with Gasteiger partial charge >= 0.3 is 5.97 Å². The van der Waals surface area contributed by atoms with Crippen LogP contribution in [0.2, 0.25) is 0 Å². The second kappa shape index (κ2) is 7.73. The van der Waals surface area contributed by atoms with Crippen molar-refractivity contribution in [2.75, 3.05) is 0 Å². The first-order chi connectivity index (χ1) is 10.5. The van der Waals surface area contributed by atoms with Gasteiger partial charge in [0.15, 0.2) is 0 Å². The van der Waals surface area contributed by atoms with Gasteiger partial charge in [-0.15, -0.1) is 5.11 Å². The minimum absolute atomic E-state index is 0.0303. The van der Waals surface area contributed by atoms with E-state index in [9.17, 15) is 4.79 Å². The molecule has 5 heteroatoms. The van der Waals surface area contributed by atoms with Crippen molar-refractivity contribution >= 4 is 23.4 Å². The number of halogens is 1. The Morgan fingerprint density at radius 3 is 2.73 bits per heavy atom. The van der Waals surface area contributed by atoms with Gasteiger partial charge in [-0.2, -0.15) is 0 Å². The average molecular weight is 323 g/mol. The third-order valence-electron chi connectivity index (χ3n) is 4.49. The third kappa shape index (κ3) is 4.07. The Kier molecular flexibility index (Phi) is 5.95. The van der Waals surface area contributed by atoms with Crippen LogP contribution in [0.1, 0.15) is 50.4 Å². The van der Waals surface area contributed by atoms with E-state index in [0.717, 1.165) is 12.8 Å². The zero-order chi connectivity index (χ0) is 16.1. The number of nitrogens with zero attached hydrogens (tertiary/aromatic N) is 2. The molecule has 1 fully saturated rings. The number of rotatable bonds is 4. The molecule has 22 heavy (non-hydrogen) atoms. The van der Waals surface area contributed by atoms with Gasteiger partial charge in [-0.1, -0.05) is 44.0 Å². The number of ether oxygens (including phenoxy) is 1. The normalized spacial score (nSPS) is 25.6. The van der Waals surface area contributed by atoms with Crippen molar-refractivity contribution in [3.63, 3.8) is 0 Å². The van der Waals surface area contributed by atoms with Crippen LogP contribution in [0.25, 0.3) is 0 Å². The largest absolute Gasteiger partial charge is 0.458 e. The Hall–Kier alpha value is -1.42. The lowest BCUT2D eigenvalue weighted by Crippen LogP contribution is -2.35. The van der Waals surface area contributed by atoms with Crippen molar-refractivity contribution in [1.82, 2.24) is 0 Å². The molecule has 0 aromatic heterocycles. The SMILES string of the molecule is CC1CCC(C(C)C)C(OC(=O)c2ccccc2N=NCl)C1. The van der Waals surface area contributed by atoms with Crippen LogP contribution in [0.4, 0.5) is 5.69 Å². The quantitative estimate of drug-likeness (QED) is 0.539. The summed E-state index contributed by atoms with van der Waals surface area (Å²) in [5.41, 5.74) is 0.847. The van der Waals surface area contributed by atoms with Crippen LogP contribution in [0, 0.1) is 17.8 Å².